The first-order chi connectivity index (χ1) is 16.2. The molecule has 1 spiro atoms. The summed E-state index contributed by atoms with van der Waals surface area (Å²) in [4.78, 5) is 47.1. The number of hydrogen-bond acceptors (Lipinski definition) is 5. The zero-order valence-corrected chi connectivity index (χ0v) is 20.0. The van der Waals surface area contributed by atoms with E-state index >= 15 is 0 Å². The van der Waals surface area contributed by atoms with E-state index in [1.54, 1.807) is 41.6 Å². The topological polar surface area (TPSA) is 91.8 Å². The first-order valence-electron chi connectivity index (χ1n) is 11.7. The van der Waals surface area contributed by atoms with Crippen molar-refractivity contribution in [2.24, 2.45) is 5.41 Å². The Morgan fingerprint density at radius 3 is 2.32 bits per heavy atom. The van der Waals surface area contributed by atoms with E-state index in [-0.39, 0.29) is 24.3 Å². The van der Waals surface area contributed by atoms with E-state index in [0.717, 1.165) is 5.56 Å². The number of carbonyl (C=O) groups is 3. The van der Waals surface area contributed by atoms with Crippen molar-refractivity contribution in [3.05, 3.63) is 66.0 Å². The van der Waals surface area contributed by atoms with Crippen LogP contribution in [0.1, 0.15) is 49.5 Å². The quantitative estimate of drug-likeness (QED) is 0.751. The molecule has 3 heterocycles. The van der Waals surface area contributed by atoms with Crippen molar-refractivity contribution in [2.45, 2.75) is 51.9 Å². The molecule has 1 unspecified atom stereocenters. The van der Waals surface area contributed by atoms with Crippen LogP contribution in [0.4, 0.5) is 0 Å². The van der Waals surface area contributed by atoms with Crippen molar-refractivity contribution >= 4 is 17.7 Å². The number of hydrogen-bond donors (Lipinski definition) is 1. The molecule has 2 saturated heterocycles. The van der Waals surface area contributed by atoms with Crippen LogP contribution in [0, 0.1) is 5.41 Å². The number of rotatable bonds is 4. The molecular weight excluding hydrogens is 432 g/mol. The Labute approximate surface area is 200 Å². The van der Waals surface area contributed by atoms with Gasteiger partial charge >= 0.3 is 0 Å². The monoisotopic (exact) mass is 464 g/mol. The van der Waals surface area contributed by atoms with Gasteiger partial charge in [0.2, 0.25) is 11.8 Å². The molecular formula is C26H32N4O4. The number of benzene rings is 1. The third-order valence-electron chi connectivity index (χ3n) is 6.49. The second-order valence-corrected chi connectivity index (χ2v) is 9.93. The highest BCUT2D eigenvalue weighted by atomic mass is 16.5. The van der Waals surface area contributed by atoms with E-state index in [1.165, 1.54) is 0 Å². The van der Waals surface area contributed by atoms with Crippen LogP contribution in [0.5, 0.6) is 0 Å². The molecule has 0 bridgehead atoms. The van der Waals surface area contributed by atoms with Crippen LogP contribution in [0.15, 0.2) is 54.9 Å². The second kappa shape index (κ2) is 9.54. The highest BCUT2D eigenvalue weighted by molar-refractivity contribution is 5.98. The number of nitrogens with zero attached hydrogens (tertiary/aromatic N) is 3. The summed E-state index contributed by atoms with van der Waals surface area (Å²) in [5.41, 5.74) is 0.0374. The Morgan fingerprint density at radius 1 is 1.06 bits per heavy atom. The summed E-state index contributed by atoms with van der Waals surface area (Å²) < 4.78 is 6.23. The molecule has 2 aliphatic heterocycles. The standard InChI is InChI=1S/C26H32N4O4/c1-25(2,3)24(33)29-15-11-26(12-16-29)30(23(32)20-7-5-4-6-8-20)21(18-34-26)22(31)28-17-19-9-13-27-14-10-19/h4-10,13-14,21H,11-12,15-18H2,1-3H3,(H,28,31). The number of pyridine rings is 1. The number of piperidine rings is 1. The number of amides is 3. The van der Waals surface area contributed by atoms with Crippen molar-refractivity contribution in [1.82, 2.24) is 20.1 Å². The van der Waals surface area contributed by atoms with E-state index in [1.807, 2.05) is 43.9 Å². The van der Waals surface area contributed by atoms with Gasteiger partial charge in [-0.3, -0.25) is 24.3 Å². The summed E-state index contributed by atoms with van der Waals surface area (Å²) in [7, 11) is 0. The minimum absolute atomic E-state index is 0.0768. The van der Waals surface area contributed by atoms with Gasteiger partial charge in [0.05, 0.1) is 6.61 Å². The maximum absolute atomic E-state index is 13.7. The van der Waals surface area contributed by atoms with Gasteiger partial charge in [0.1, 0.15) is 11.8 Å². The fraction of sp³-hybridized carbons (Fsp3) is 0.462. The first-order valence-corrected chi connectivity index (χ1v) is 11.7. The number of ether oxygens (including phenoxy) is 1. The molecule has 0 aliphatic carbocycles. The van der Waals surface area contributed by atoms with Crippen molar-refractivity contribution < 1.29 is 19.1 Å². The summed E-state index contributed by atoms with van der Waals surface area (Å²) in [5.74, 6) is -0.420. The summed E-state index contributed by atoms with van der Waals surface area (Å²) in [6, 6.07) is 11.9. The summed E-state index contributed by atoms with van der Waals surface area (Å²) in [6.45, 7) is 7.11. The van der Waals surface area contributed by atoms with Crippen LogP contribution in [0.3, 0.4) is 0 Å². The number of aromatic nitrogens is 1. The molecule has 8 heteroatoms. The smallest absolute Gasteiger partial charge is 0.256 e. The molecule has 1 atom stereocenters. The number of nitrogens with one attached hydrogen (secondary N) is 1. The molecule has 1 N–H and O–H groups in total. The Kier molecular flexibility index (Phi) is 6.70. The predicted octanol–water partition coefficient (Wildman–Crippen LogP) is 2.60. The summed E-state index contributed by atoms with van der Waals surface area (Å²) in [6.07, 6.45) is 4.27. The van der Waals surface area contributed by atoms with E-state index in [2.05, 4.69) is 10.3 Å². The van der Waals surface area contributed by atoms with E-state index in [4.69, 9.17) is 4.74 Å². The molecule has 0 saturated carbocycles. The lowest BCUT2D eigenvalue weighted by Gasteiger charge is -2.45. The summed E-state index contributed by atoms with van der Waals surface area (Å²) >= 11 is 0. The average Bonchev–Trinajstić information content (AvgIpc) is 3.21. The molecule has 3 amide bonds. The molecule has 180 valence electrons. The van der Waals surface area contributed by atoms with Gasteiger partial charge in [0.25, 0.3) is 5.91 Å². The van der Waals surface area contributed by atoms with Gasteiger partial charge in [-0.1, -0.05) is 39.0 Å². The zero-order chi connectivity index (χ0) is 24.3. The van der Waals surface area contributed by atoms with Crippen LogP contribution in [0.2, 0.25) is 0 Å². The van der Waals surface area contributed by atoms with Crippen molar-refractivity contribution in [3.8, 4) is 0 Å². The van der Waals surface area contributed by atoms with Gasteiger partial charge in [-0.05, 0) is 29.8 Å². The van der Waals surface area contributed by atoms with Crippen LogP contribution >= 0.6 is 0 Å². The van der Waals surface area contributed by atoms with Gasteiger partial charge in [-0.25, -0.2) is 0 Å². The largest absolute Gasteiger partial charge is 0.353 e. The van der Waals surface area contributed by atoms with Crippen LogP contribution in [-0.2, 0) is 20.9 Å². The summed E-state index contributed by atoms with van der Waals surface area (Å²) in [5, 5.41) is 2.94. The normalized spacial score (nSPS) is 19.8. The maximum atomic E-state index is 13.7. The van der Waals surface area contributed by atoms with Crippen molar-refractivity contribution in [1.29, 1.82) is 0 Å². The highest BCUT2D eigenvalue weighted by Crippen LogP contribution is 2.39. The Morgan fingerprint density at radius 2 is 1.71 bits per heavy atom. The maximum Gasteiger partial charge on any atom is 0.256 e. The molecule has 4 rings (SSSR count). The van der Waals surface area contributed by atoms with Crippen molar-refractivity contribution in [3.63, 3.8) is 0 Å². The van der Waals surface area contributed by atoms with Crippen LogP contribution in [0.25, 0.3) is 0 Å². The van der Waals surface area contributed by atoms with Gasteiger partial charge in [0.15, 0.2) is 0 Å². The minimum atomic E-state index is -0.916. The lowest BCUT2D eigenvalue weighted by Crippen LogP contribution is -2.60. The van der Waals surface area contributed by atoms with Gasteiger partial charge in [-0.15, -0.1) is 0 Å². The van der Waals surface area contributed by atoms with Gasteiger partial charge < -0.3 is 15.0 Å². The van der Waals surface area contributed by atoms with E-state index in [0.29, 0.717) is 38.0 Å². The molecule has 34 heavy (non-hydrogen) atoms. The van der Waals surface area contributed by atoms with Gasteiger partial charge in [0, 0.05) is 55.8 Å². The third kappa shape index (κ3) is 4.82. The van der Waals surface area contributed by atoms with Crippen molar-refractivity contribution in [2.75, 3.05) is 19.7 Å². The SMILES string of the molecule is CC(C)(C)C(=O)N1CCC2(CC1)OCC(C(=O)NCc1ccncc1)N2C(=O)c1ccccc1. The predicted molar refractivity (Wildman–Crippen MR) is 126 cm³/mol. The Bertz CT molecular complexity index is 1030. The van der Waals surface area contributed by atoms with E-state index < -0.39 is 17.2 Å². The molecule has 1 aromatic carbocycles. The lowest BCUT2D eigenvalue weighted by atomic mass is 9.91. The van der Waals surface area contributed by atoms with Crippen LogP contribution in [-0.4, -0.2) is 64.0 Å². The second-order valence-electron chi connectivity index (χ2n) is 9.93. The third-order valence-corrected chi connectivity index (χ3v) is 6.49. The molecule has 0 radical (unpaired) electrons. The molecule has 2 aromatic rings. The molecule has 1 aromatic heterocycles. The zero-order valence-electron chi connectivity index (χ0n) is 20.0. The molecule has 8 nitrogen and oxygen atoms in total. The molecule has 2 aliphatic rings. The van der Waals surface area contributed by atoms with Gasteiger partial charge in [-0.2, -0.15) is 0 Å². The Hall–Kier alpha value is -3.26. The molecule has 2 fully saturated rings. The van der Waals surface area contributed by atoms with E-state index in [9.17, 15) is 14.4 Å². The lowest BCUT2D eigenvalue weighted by molar-refractivity contribution is -0.150. The van der Waals surface area contributed by atoms with Crippen LogP contribution < -0.4 is 5.32 Å². The first kappa shape index (κ1) is 23.9. The minimum Gasteiger partial charge on any atom is -0.353 e. The fourth-order valence-electron chi connectivity index (χ4n) is 4.63. The number of carbonyl (C=O) groups excluding carboxylic acids is 3. The highest BCUT2D eigenvalue weighted by Gasteiger charge is 2.54. The number of likely N-dealkylation sites (tertiary alicyclic amines) is 1. The Balaban J connectivity index is 1.55. The fourth-order valence-corrected chi connectivity index (χ4v) is 4.63. The average molecular weight is 465 g/mol.